The molecule has 0 spiro atoms. The molecule has 0 radical (unpaired) electrons. The Morgan fingerprint density at radius 3 is 2.47 bits per heavy atom. The van der Waals surface area contributed by atoms with Gasteiger partial charge in [0.1, 0.15) is 23.4 Å². The van der Waals surface area contributed by atoms with E-state index in [1.165, 1.54) is 5.56 Å². The highest BCUT2D eigenvalue weighted by atomic mass is 15.2. The van der Waals surface area contributed by atoms with E-state index >= 15 is 0 Å². The van der Waals surface area contributed by atoms with Crippen molar-refractivity contribution in [1.82, 2.24) is 9.97 Å². The highest BCUT2D eigenvalue weighted by Gasteiger charge is 2.08. The van der Waals surface area contributed by atoms with Crippen molar-refractivity contribution in [3.63, 3.8) is 0 Å². The molecule has 0 N–H and O–H groups in total. The van der Waals surface area contributed by atoms with Crippen molar-refractivity contribution in [1.29, 1.82) is 5.26 Å². The summed E-state index contributed by atoms with van der Waals surface area (Å²) in [4.78, 5) is 10.4. The first kappa shape index (κ1) is 13.0. The topological polar surface area (TPSA) is 52.8 Å². The molecule has 0 unspecified atom stereocenters. The van der Waals surface area contributed by atoms with Crippen molar-refractivity contribution < 1.29 is 0 Å². The number of hydrogen-bond acceptors (Lipinski definition) is 4. The van der Waals surface area contributed by atoms with E-state index in [0.29, 0.717) is 11.5 Å². The Hall–Kier alpha value is -2.41. The fourth-order valence-electron chi connectivity index (χ4n) is 1.87. The summed E-state index contributed by atoms with van der Waals surface area (Å²) in [6, 6.07) is 12.1. The van der Waals surface area contributed by atoms with Crippen LogP contribution in [-0.2, 0) is 6.42 Å². The molecular formula is C15H16N4. The normalized spacial score (nSPS) is 10.0. The number of nitrogens with zero attached hydrogens (tertiary/aromatic N) is 4. The van der Waals surface area contributed by atoms with E-state index in [1.807, 2.05) is 11.9 Å². The molecule has 0 amide bonds. The Morgan fingerprint density at radius 1 is 1.21 bits per heavy atom. The summed E-state index contributed by atoms with van der Waals surface area (Å²) < 4.78 is 0. The molecule has 1 heterocycles. The Kier molecular flexibility index (Phi) is 3.76. The van der Waals surface area contributed by atoms with Gasteiger partial charge in [-0.15, -0.1) is 0 Å². The van der Waals surface area contributed by atoms with Gasteiger partial charge in [-0.2, -0.15) is 5.26 Å². The standard InChI is InChI=1S/C15H16N4/c1-4-12-5-7-14(8-6-12)19(3)15-9-13(10-16)17-11(2)18-15/h5-9H,4H2,1-3H3. The smallest absolute Gasteiger partial charge is 0.146 e. The van der Waals surface area contributed by atoms with Gasteiger partial charge in [-0.25, -0.2) is 9.97 Å². The fraction of sp³-hybridized carbons (Fsp3) is 0.267. The number of rotatable bonds is 3. The van der Waals surface area contributed by atoms with Crippen LogP contribution < -0.4 is 4.90 Å². The molecule has 2 rings (SSSR count). The molecular weight excluding hydrogens is 236 g/mol. The molecule has 1 aromatic heterocycles. The van der Waals surface area contributed by atoms with Gasteiger partial charge in [0.2, 0.25) is 0 Å². The quantitative estimate of drug-likeness (QED) is 0.842. The third-order valence-electron chi connectivity index (χ3n) is 3.01. The molecule has 0 aliphatic carbocycles. The van der Waals surface area contributed by atoms with Crippen molar-refractivity contribution >= 4 is 11.5 Å². The molecule has 1 aromatic carbocycles. The molecule has 0 aliphatic rings. The second-order valence-corrected chi connectivity index (χ2v) is 4.35. The average Bonchev–Trinajstić information content (AvgIpc) is 2.46. The van der Waals surface area contributed by atoms with Crippen LogP contribution >= 0.6 is 0 Å². The number of hydrogen-bond donors (Lipinski definition) is 0. The highest BCUT2D eigenvalue weighted by Crippen LogP contribution is 2.22. The van der Waals surface area contributed by atoms with Crippen molar-refractivity contribution in [2.75, 3.05) is 11.9 Å². The van der Waals surface area contributed by atoms with E-state index < -0.39 is 0 Å². The second kappa shape index (κ2) is 5.49. The summed E-state index contributed by atoms with van der Waals surface area (Å²) in [5.41, 5.74) is 2.73. The third-order valence-corrected chi connectivity index (χ3v) is 3.01. The molecule has 4 nitrogen and oxygen atoms in total. The molecule has 19 heavy (non-hydrogen) atoms. The zero-order valence-corrected chi connectivity index (χ0v) is 11.4. The lowest BCUT2D eigenvalue weighted by Gasteiger charge is -2.19. The van der Waals surface area contributed by atoms with Gasteiger partial charge < -0.3 is 4.90 Å². The van der Waals surface area contributed by atoms with Crippen LogP contribution in [0.2, 0.25) is 0 Å². The zero-order chi connectivity index (χ0) is 13.8. The molecule has 0 aliphatic heterocycles. The molecule has 0 atom stereocenters. The largest absolute Gasteiger partial charge is 0.329 e. The maximum Gasteiger partial charge on any atom is 0.146 e. The van der Waals surface area contributed by atoms with E-state index in [-0.39, 0.29) is 0 Å². The van der Waals surface area contributed by atoms with Gasteiger partial charge in [0.25, 0.3) is 0 Å². The summed E-state index contributed by atoms with van der Waals surface area (Å²) in [6.07, 6.45) is 1.02. The number of anilines is 2. The Bertz CT molecular complexity index is 611. The third kappa shape index (κ3) is 2.89. The van der Waals surface area contributed by atoms with Crippen LogP contribution in [0.25, 0.3) is 0 Å². The van der Waals surface area contributed by atoms with Crippen LogP contribution in [0.5, 0.6) is 0 Å². The van der Waals surface area contributed by atoms with E-state index in [0.717, 1.165) is 17.9 Å². The van der Waals surface area contributed by atoms with Gasteiger partial charge in [0.05, 0.1) is 0 Å². The SMILES string of the molecule is CCc1ccc(N(C)c2cc(C#N)nc(C)n2)cc1. The summed E-state index contributed by atoms with van der Waals surface area (Å²) in [5.74, 6) is 1.33. The number of aryl methyl sites for hydroxylation is 2. The minimum absolute atomic E-state index is 0.388. The van der Waals surface area contributed by atoms with Crippen LogP contribution in [0.1, 0.15) is 24.0 Å². The Balaban J connectivity index is 2.35. The first-order valence-electron chi connectivity index (χ1n) is 6.22. The fourth-order valence-corrected chi connectivity index (χ4v) is 1.87. The lowest BCUT2D eigenvalue weighted by Crippen LogP contribution is -2.12. The van der Waals surface area contributed by atoms with Gasteiger partial charge in [-0.05, 0) is 31.0 Å². The van der Waals surface area contributed by atoms with E-state index in [9.17, 15) is 0 Å². The van der Waals surface area contributed by atoms with Gasteiger partial charge >= 0.3 is 0 Å². The monoisotopic (exact) mass is 252 g/mol. The second-order valence-electron chi connectivity index (χ2n) is 4.35. The van der Waals surface area contributed by atoms with Crippen LogP contribution in [0.3, 0.4) is 0 Å². The van der Waals surface area contributed by atoms with Crippen LogP contribution in [0.15, 0.2) is 30.3 Å². The van der Waals surface area contributed by atoms with Crippen LogP contribution in [0, 0.1) is 18.3 Å². The van der Waals surface area contributed by atoms with E-state index in [1.54, 1.807) is 13.0 Å². The summed E-state index contributed by atoms with van der Waals surface area (Å²) in [6.45, 7) is 3.92. The average molecular weight is 252 g/mol. The predicted octanol–water partition coefficient (Wildman–Crippen LogP) is 2.99. The molecule has 0 saturated carbocycles. The van der Waals surface area contributed by atoms with E-state index in [4.69, 9.17) is 5.26 Å². The summed E-state index contributed by atoms with van der Waals surface area (Å²) >= 11 is 0. The van der Waals surface area contributed by atoms with Gasteiger partial charge in [0.15, 0.2) is 0 Å². The first-order valence-corrected chi connectivity index (χ1v) is 6.22. The minimum Gasteiger partial charge on any atom is -0.329 e. The summed E-state index contributed by atoms with van der Waals surface area (Å²) in [5, 5.41) is 8.95. The first-order chi connectivity index (χ1) is 9.13. The van der Waals surface area contributed by atoms with Gasteiger partial charge in [-0.3, -0.25) is 0 Å². The zero-order valence-electron chi connectivity index (χ0n) is 11.4. The number of benzene rings is 1. The highest BCUT2D eigenvalue weighted by molar-refractivity contribution is 5.60. The molecule has 0 fully saturated rings. The van der Waals surface area contributed by atoms with Crippen molar-refractivity contribution in [3.8, 4) is 6.07 Å². The van der Waals surface area contributed by atoms with Gasteiger partial charge in [-0.1, -0.05) is 19.1 Å². The van der Waals surface area contributed by atoms with Crippen LogP contribution in [0.4, 0.5) is 11.5 Å². The number of nitriles is 1. The maximum atomic E-state index is 8.95. The van der Waals surface area contributed by atoms with Gasteiger partial charge in [0, 0.05) is 18.8 Å². The molecule has 0 saturated heterocycles. The van der Waals surface area contributed by atoms with Crippen molar-refractivity contribution in [2.24, 2.45) is 0 Å². The molecule has 96 valence electrons. The Morgan fingerprint density at radius 2 is 1.89 bits per heavy atom. The lowest BCUT2D eigenvalue weighted by molar-refractivity contribution is 0.999. The van der Waals surface area contributed by atoms with Crippen molar-refractivity contribution in [2.45, 2.75) is 20.3 Å². The Labute approximate surface area is 113 Å². The number of aromatic nitrogens is 2. The van der Waals surface area contributed by atoms with Crippen LogP contribution in [-0.4, -0.2) is 17.0 Å². The minimum atomic E-state index is 0.388. The molecule has 4 heteroatoms. The van der Waals surface area contributed by atoms with Crippen molar-refractivity contribution in [3.05, 3.63) is 47.4 Å². The van der Waals surface area contributed by atoms with E-state index in [2.05, 4.69) is 47.2 Å². The summed E-state index contributed by atoms with van der Waals surface area (Å²) in [7, 11) is 1.93. The lowest BCUT2D eigenvalue weighted by atomic mass is 10.1. The predicted molar refractivity (Wildman–Crippen MR) is 75.4 cm³/mol. The molecule has 2 aromatic rings. The maximum absolute atomic E-state index is 8.95. The molecule has 0 bridgehead atoms.